The number of aromatic nitrogens is 1. The molecule has 0 spiro atoms. The zero-order valence-electron chi connectivity index (χ0n) is 16.6. The number of halogens is 2. The highest BCUT2D eigenvalue weighted by Gasteiger charge is 2.42. The quantitative estimate of drug-likeness (QED) is 0.316. The second-order valence-electron chi connectivity index (χ2n) is 7.19. The Balaban J connectivity index is 1.52. The molecule has 8 heteroatoms. The van der Waals surface area contributed by atoms with E-state index in [0.717, 1.165) is 27.1 Å². The Labute approximate surface area is 199 Å². The van der Waals surface area contributed by atoms with Crippen LogP contribution in [0.1, 0.15) is 23.5 Å². The lowest BCUT2D eigenvalue weighted by Crippen LogP contribution is -2.29. The van der Waals surface area contributed by atoms with Gasteiger partial charge in [-0.2, -0.15) is 0 Å². The van der Waals surface area contributed by atoms with Crippen molar-refractivity contribution in [1.82, 2.24) is 10.3 Å². The topological polar surface area (TPSA) is 41.3 Å². The van der Waals surface area contributed by atoms with Crippen LogP contribution in [0.15, 0.2) is 99.5 Å². The average Bonchev–Trinajstić information content (AvgIpc) is 3.40. The molecule has 0 unspecified atom stereocenters. The van der Waals surface area contributed by atoms with Crippen LogP contribution in [0.25, 0.3) is 0 Å². The summed E-state index contributed by atoms with van der Waals surface area (Å²) in [6.45, 7) is 0. The minimum atomic E-state index is -0.302. The number of rotatable bonds is 5. The summed E-state index contributed by atoms with van der Waals surface area (Å²) in [4.78, 5) is 7.50. The van der Waals surface area contributed by atoms with Crippen LogP contribution in [-0.2, 0) is 0 Å². The lowest BCUT2D eigenvalue weighted by atomic mass is 10.0. The van der Waals surface area contributed by atoms with Crippen molar-refractivity contribution in [3.8, 4) is 0 Å². The minimum absolute atomic E-state index is 0.228. The van der Waals surface area contributed by atoms with Crippen molar-refractivity contribution in [2.45, 2.75) is 22.1 Å². The van der Waals surface area contributed by atoms with Gasteiger partial charge in [-0.1, -0.05) is 29.4 Å². The van der Waals surface area contributed by atoms with Gasteiger partial charge >= 0.3 is 0 Å². The van der Waals surface area contributed by atoms with E-state index in [1.165, 1.54) is 23.9 Å². The maximum Gasteiger partial charge on any atom is 0.174 e. The Morgan fingerprint density at radius 2 is 1.78 bits per heavy atom. The predicted molar refractivity (Wildman–Crippen MR) is 129 cm³/mol. The summed E-state index contributed by atoms with van der Waals surface area (Å²) in [5.74, 6) is 0.429. The molecule has 0 amide bonds. The van der Waals surface area contributed by atoms with Crippen LogP contribution >= 0.6 is 35.6 Å². The summed E-state index contributed by atoms with van der Waals surface area (Å²) >= 11 is 13.2. The summed E-state index contributed by atoms with van der Waals surface area (Å²) in [5.41, 5.74) is 1.61. The number of pyridine rings is 1. The molecule has 1 fully saturated rings. The van der Waals surface area contributed by atoms with Gasteiger partial charge in [-0.15, -0.1) is 0 Å². The number of thiocarbonyl (C=S) groups is 1. The van der Waals surface area contributed by atoms with Crippen LogP contribution in [0, 0.1) is 5.82 Å². The third-order valence-electron chi connectivity index (χ3n) is 5.13. The minimum Gasteiger partial charge on any atom is -0.452 e. The van der Waals surface area contributed by atoms with E-state index in [2.05, 4.69) is 10.3 Å². The fourth-order valence-electron chi connectivity index (χ4n) is 3.69. The Kier molecular flexibility index (Phi) is 5.87. The van der Waals surface area contributed by atoms with E-state index in [4.69, 9.17) is 28.2 Å². The van der Waals surface area contributed by atoms with Crippen molar-refractivity contribution < 1.29 is 8.81 Å². The second-order valence-corrected chi connectivity index (χ2v) is 9.09. The number of nitrogens with one attached hydrogen (secondary N) is 1. The average molecular weight is 482 g/mol. The van der Waals surface area contributed by atoms with E-state index in [1.54, 1.807) is 18.3 Å². The zero-order valence-corrected chi connectivity index (χ0v) is 19.0. The summed E-state index contributed by atoms with van der Waals surface area (Å²) in [5, 5.41) is 5.33. The van der Waals surface area contributed by atoms with Gasteiger partial charge in [-0.3, -0.25) is 4.98 Å². The Morgan fingerprint density at radius 3 is 2.50 bits per heavy atom. The first kappa shape index (κ1) is 21.0. The summed E-state index contributed by atoms with van der Waals surface area (Å²) in [7, 11) is 0. The molecule has 0 saturated carbocycles. The first-order valence-corrected chi connectivity index (χ1v) is 11.5. The summed E-state index contributed by atoms with van der Waals surface area (Å²) in [6, 6.07) is 23.0. The number of hydrogen-bond donors (Lipinski definition) is 1. The summed E-state index contributed by atoms with van der Waals surface area (Å²) in [6.07, 6.45) is 1.75. The molecule has 0 radical (unpaired) electrons. The Bertz CT molecular complexity index is 1230. The predicted octanol–water partition coefficient (Wildman–Crippen LogP) is 6.80. The lowest BCUT2D eigenvalue weighted by Gasteiger charge is -2.26. The van der Waals surface area contributed by atoms with Gasteiger partial charge in [0, 0.05) is 21.8 Å². The molecule has 1 aliphatic heterocycles. The van der Waals surface area contributed by atoms with E-state index < -0.39 is 0 Å². The Morgan fingerprint density at radius 1 is 1.00 bits per heavy atom. The van der Waals surface area contributed by atoms with Crippen LogP contribution in [0.3, 0.4) is 0 Å². The van der Waals surface area contributed by atoms with E-state index in [0.29, 0.717) is 10.1 Å². The molecule has 160 valence electrons. The van der Waals surface area contributed by atoms with Gasteiger partial charge in [0.25, 0.3) is 0 Å². The van der Waals surface area contributed by atoms with E-state index in [9.17, 15) is 4.39 Å². The van der Waals surface area contributed by atoms with E-state index in [1.807, 2.05) is 59.5 Å². The van der Waals surface area contributed by atoms with Gasteiger partial charge < -0.3 is 14.6 Å². The van der Waals surface area contributed by atoms with E-state index >= 15 is 0 Å². The van der Waals surface area contributed by atoms with Crippen molar-refractivity contribution in [1.29, 1.82) is 0 Å². The molecule has 0 aliphatic carbocycles. The van der Waals surface area contributed by atoms with Gasteiger partial charge in [0.2, 0.25) is 0 Å². The van der Waals surface area contributed by atoms with Crippen LogP contribution in [0.4, 0.5) is 10.1 Å². The highest BCUT2D eigenvalue weighted by atomic mass is 35.5. The molecular weight excluding hydrogens is 465 g/mol. The number of nitrogens with zero attached hydrogens (tertiary/aromatic N) is 2. The summed E-state index contributed by atoms with van der Waals surface area (Å²) < 4.78 is 19.8. The molecule has 3 heterocycles. The molecule has 2 aromatic heterocycles. The van der Waals surface area contributed by atoms with Crippen molar-refractivity contribution in [2.75, 3.05) is 4.90 Å². The smallest absolute Gasteiger partial charge is 0.174 e. The molecule has 1 saturated heterocycles. The molecule has 2 atom stereocenters. The van der Waals surface area contributed by atoms with Crippen LogP contribution < -0.4 is 10.2 Å². The molecular formula is C24H17ClFN3OS2. The largest absolute Gasteiger partial charge is 0.452 e. The molecule has 5 rings (SSSR count). The van der Waals surface area contributed by atoms with Crippen LogP contribution in [0.5, 0.6) is 0 Å². The van der Waals surface area contributed by atoms with Gasteiger partial charge in [-0.25, -0.2) is 4.39 Å². The fraction of sp³-hybridized carbons (Fsp3) is 0.0833. The van der Waals surface area contributed by atoms with E-state index in [-0.39, 0.29) is 17.9 Å². The van der Waals surface area contributed by atoms with Gasteiger partial charge in [0.1, 0.15) is 17.6 Å². The van der Waals surface area contributed by atoms with Crippen LogP contribution in [-0.4, -0.2) is 10.1 Å². The van der Waals surface area contributed by atoms with Crippen molar-refractivity contribution in [2.24, 2.45) is 0 Å². The first-order valence-electron chi connectivity index (χ1n) is 9.88. The molecule has 1 N–H and O–H groups in total. The number of hydrogen-bond acceptors (Lipinski definition) is 4. The molecule has 1 aliphatic rings. The van der Waals surface area contributed by atoms with Crippen LogP contribution in [0.2, 0.25) is 5.02 Å². The normalized spacial score (nSPS) is 18.1. The molecule has 4 nitrogen and oxygen atoms in total. The zero-order chi connectivity index (χ0) is 22.1. The van der Waals surface area contributed by atoms with Gasteiger partial charge in [-0.05, 0) is 85.0 Å². The molecule has 0 bridgehead atoms. The van der Waals surface area contributed by atoms with Gasteiger partial charge in [0.05, 0.1) is 11.7 Å². The fourth-order valence-corrected chi connectivity index (χ4v) is 4.94. The molecule has 32 heavy (non-hydrogen) atoms. The maximum absolute atomic E-state index is 13.6. The highest BCUT2D eigenvalue weighted by Crippen LogP contribution is 2.43. The highest BCUT2D eigenvalue weighted by molar-refractivity contribution is 7.99. The third-order valence-corrected chi connectivity index (χ3v) is 6.62. The molecule has 4 aromatic rings. The molecule has 2 aromatic carbocycles. The van der Waals surface area contributed by atoms with Gasteiger partial charge in [0.15, 0.2) is 10.2 Å². The number of benzene rings is 2. The SMILES string of the molecule is Fc1ccc(N2C(=S)N[C@@H](c3ccccn3)[C@H]2c2ccc(Sc3ccc(Cl)cc3)o2)cc1. The standard InChI is InChI=1S/C24H17ClFN3OS2/c25-15-4-10-18(11-5-15)32-21-13-12-20(30-21)23-22(19-3-1-2-14-27-19)28-24(31)29(23)17-8-6-16(26)7-9-17/h1-14,22-23H,(H,28,31)/t22-,23+/m0/s1. The number of furan rings is 1. The van der Waals surface area contributed by atoms with Crippen molar-refractivity contribution in [3.63, 3.8) is 0 Å². The van der Waals surface area contributed by atoms with Crippen molar-refractivity contribution >= 4 is 46.4 Å². The maximum atomic E-state index is 13.6. The number of anilines is 1. The third kappa shape index (κ3) is 4.24. The second kappa shape index (κ2) is 8.94. The Hall–Kier alpha value is -2.87. The lowest BCUT2D eigenvalue weighted by molar-refractivity contribution is 0.383. The first-order chi connectivity index (χ1) is 15.6. The monoisotopic (exact) mass is 481 g/mol. The van der Waals surface area contributed by atoms with Crippen molar-refractivity contribution in [3.05, 3.63) is 107 Å².